The summed E-state index contributed by atoms with van der Waals surface area (Å²) in [4.78, 5) is 23.3. The highest BCUT2D eigenvalue weighted by Gasteiger charge is 2.36. The van der Waals surface area contributed by atoms with Crippen molar-refractivity contribution in [1.29, 1.82) is 0 Å². The lowest BCUT2D eigenvalue weighted by molar-refractivity contribution is -0.148. The van der Waals surface area contributed by atoms with Crippen molar-refractivity contribution < 1.29 is 14.3 Å². The molecule has 0 radical (unpaired) electrons. The molecule has 0 aliphatic heterocycles. The van der Waals surface area contributed by atoms with Gasteiger partial charge in [0.15, 0.2) is 5.78 Å². The SMILES string of the molecule is COC(=O)C1(/C=C/c2ccccc2)C=CC(=O)CC1. The minimum atomic E-state index is -0.821. The van der Waals surface area contributed by atoms with Crippen LogP contribution in [0.25, 0.3) is 6.08 Å². The number of esters is 1. The van der Waals surface area contributed by atoms with Crippen LogP contribution in [0, 0.1) is 5.41 Å². The van der Waals surface area contributed by atoms with E-state index in [0.29, 0.717) is 12.8 Å². The van der Waals surface area contributed by atoms with Gasteiger partial charge in [-0.2, -0.15) is 0 Å². The third-order valence-corrected chi connectivity index (χ3v) is 3.29. The number of methoxy groups -OCH3 is 1. The Hall–Kier alpha value is -2.16. The number of carbonyl (C=O) groups excluding carboxylic acids is 2. The van der Waals surface area contributed by atoms with Crippen LogP contribution in [0.15, 0.2) is 48.6 Å². The van der Waals surface area contributed by atoms with Gasteiger partial charge in [-0.25, -0.2) is 0 Å². The fraction of sp³-hybridized carbons (Fsp3) is 0.250. The molecule has 1 aliphatic rings. The normalized spacial score (nSPS) is 22.7. The van der Waals surface area contributed by atoms with Crippen molar-refractivity contribution in [2.24, 2.45) is 5.41 Å². The van der Waals surface area contributed by atoms with Crippen LogP contribution >= 0.6 is 0 Å². The Morgan fingerprint density at radius 3 is 2.63 bits per heavy atom. The van der Waals surface area contributed by atoms with Gasteiger partial charge in [0, 0.05) is 6.42 Å². The molecule has 1 aliphatic carbocycles. The topological polar surface area (TPSA) is 43.4 Å². The zero-order valence-corrected chi connectivity index (χ0v) is 10.8. The molecule has 0 amide bonds. The summed E-state index contributed by atoms with van der Waals surface area (Å²) in [5.41, 5.74) is 0.189. The second-order valence-electron chi connectivity index (χ2n) is 4.58. The highest BCUT2D eigenvalue weighted by Crippen LogP contribution is 2.33. The number of benzene rings is 1. The fourth-order valence-corrected chi connectivity index (χ4v) is 2.11. The molecular weight excluding hydrogens is 240 g/mol. The van der Waals surface area contributed by atoms with Gasteiger partial charge in [0.05, 0.1) is 7.11 Å². The average molecular weight is 256 g/mol. The maximum atomic E-state index is 12.0. The lowest BCUT2D eigenvalue weighted by Gasteiger charge is -2.26. The number of ether oxygens (including phenoxy) is 1. The molecule has 3 heteroatoms. The third kappa shape index (κ3) is 2.99. The first-order valence-electron chi connectivity index (χ1n) is 6.21. The predicted octanol–water partition coefficient (Wildman–Crippen LogP) is 2.78. The van der Waals surface area contributed by atoms with Gasteiger partial charge in [0.1, 0.15) is 5.41 Å². The minimum Gasteiger partial charge on any atom is -0.468 e. The van der Waals surface area contributed by atoms with E-state index in [2.05, 4.69) is 0 Å². The van der Waals surface area contributed by atoms with Gasteiger partial charge in [-0.3, -0.25) is 9.59 Å². The Kier molecular flexibility index (Phi) is 3.95. The zero-order chi connectivity index (χ0) is 13.7. The first-order chi connectivity index (χ1) is 9.16. The van der Waals surface area contributed by atoms with E-state index in [-0.39, 0.29) is 11.8 Å². The van der Waals surface area contributed by atoms with Gasteiger partial charge in [-0.1, -0.05) is 48.6 Å². The van der Waals surface area contributed by atoms with E-state index >= 15 is 0 Å². The second kappa shape index (κ2) is 5.65. The van der Waals surface area contributed by atoms with Gasteiger partial charge in [0.2, 0.25) is 0 Å². The molecule has 0 saturated heterocycles. The molecule has 0 bridgehead atoms. The van der Waals surface area contributed by atoms with E-state index in [0.717, 1.165) is 5.56 Å². The molecule has 2 rings (SSSR count). The summed E-state index contributed by atoms with van der Waals surface area (Å²) in [5, 5.41) is 0. The molecule has 19 heavy (non-hydrogen) atoms. The molecule has 0 fully saturated rings. The fourth-order valence-electron chi connectivity index (χ4n) is 2.11. The first kappa shape index (κ1) is 13.3. The number of allylic oxidation sites excluding steroid dienone is 1. The van der Waals surface area contributed by atoms with Crippen LogP contribution in [0.1, 0.15) is 18.4 Å². The van der Waals surface area contributed by atoms with Crippen molar-refractivity contribution in [2.75, 3.05) is 7.11 Å². The zero-order valence-electron chi connectivity index (χ0n) is 10.8. The van der Waals surface area contributed by atoms with Gasteiger partial charge < -0.3 is 4.74 Å². The summed E-state index contributed by atoms with van der Waals surface area (Å²) in [6.07, 6.45) is 7.64. The molecule has 1 unspecified atom stereocenters. The van der Waals surface area contributed by atoms with E-state index < -0.39 is 5.41 Å². The maximum Gasteiger partial charge on any atom is 0.319 e. The number of hydrogen-bond donors (Lipinski definition) is 0. The monoisotopic (exact) mass is 256 g/mol. The van der Waals surface area contributed by atoms with Crippen LogP contribution in [0.5, 0.6) is 0 Å². The summed E-state index contributed by atoms with van der Waals surface area (Å²) in [7, 11) is 1.37. The lowest BCUT2D eigenvalue weighted by atomic mass is 9.78. The Bertz CT molecular complexity index is 528. The highest BCUT2D eigenvalue weighted by molar-refractivity contribution is 5.94. The maximum absolute atomic E-state index is 12.0. The van der Waals surface area contributed by atoms with Crippen molar-refractivity contribution in [1.82, 2.24) is 0 Å². The van der Waals surface area contributed by atoms with Crippen LogP contribution in [0.3, 0.4) is 0 Å². The molecule has 3 nitrogen and oxygen atoms in total. The van der Waals surface area contributed by atoms with Crippen LogP contribution in [-0.2, 0) is 14.3 Å². The van der Waals surface area contributed by atoms with Crippen LogP contribution in [0.4, 0.5) is 0 Å². The summed E-state index contributed by atoms with van der Waals surface area (Å²) in [6.45, 7) is 0. The van der Waals surface area contributed by atoms with Gasteiger partial charge in [-0.05, 0) is 18.1 Å². The van der Waals surface area contributed by atoms with Crippen LogP contribution < -0.4 is 0 Å². The Morgan fingerprint density at radius 1 is 1.32 bits per heavy atom. The van der Waals surface area contributed by atoms with E-state index in [1.165, 1.54) is 13.2 Å². The average Bonchev–Trinajstić information content (AvgIpc) is 2.47. The Labute approximate surface area is 112 Å². The second-order valence-corrected chi connectivity index (χ2v) is 4.58. The van der Waals surface area contributed by atoms with Gasteiger partial charge >= 0.3 is 5.97 Å². The largest absolute Gasteiger partial charge is 0.468 e. The van der Waals surface area contributed by atoms with E-state index in [1.54, 1.807) is 6.08 Å². The van der Waals surface area contributed by atoms with Crippen molar-refractivity contribution in [2.45, 2.75) is 12.8 Å². The number of hydrogen-bond acceptors (Lipinski definition) is 3. The van der Waals surface area contributed by atoms with Crippen molar-refractivity contribution in [3.05, 3.63) is 54.1 Å². The number of rotatable bonds is 3. The molecule has 0 spiro atoms. The predicted molar refractivity (Wildman–Crippen MR) is 73.3 cm³/mol. The summed E-state index contributed by atoms with van der Waals surface area (Å²) >= 11 is 0. The lowest BCUT2D eigenvalue weighted by Crippen LogP contribution is -2.31. The number of carbonyl (C=O) groups is 2. The van der Waals surface area contributed by atoms with E-state index in [1.807, 2.05) is 42.5 Å². The quantitative estimate of drug-likeness (QED) is 0.781. The third-order valence-electron chi connectivity index (χ3n) is 3.29. The van der Waals surface area contributed by atoms with E-state index in [9.17, 15) is 9.59 Å². The first-order valence-corrected chi connectivity index (χ1v) is 6.21. The molecule has 0 heterocycles. The smallest absolute Gasteiger partial charge is 0.319 e. The molecule has 0 saturated carbocycles. The van der Waals surface area contributed by atoms with Crippen molar-refractivity contribution in [3.8, 4) is 0 Å². The van der Waals surface area contributed by atoms with Gasteiger partial charge in [0.25, 0.3) is 0 Å². The van der Waals surface area contributed by atoms with E-state index in [4.69, 9.17) is 4.74 Å². The number of ketones is 1. The highest BCUT2D eigenvalue weighted by atomic mass is 16.5. The van der Waals surface area contributed by atoms with Crippen LogP contribution in [-0.4, -0.2) is 18.9 Å². The Balaban J connectivity index is 2.30. The minimum absolute atomic E-state index is 0.0487. The standard InChI is InChI=1S/C16H16O3/c1-19-15(18)16(11-8-14(17)9-12-16)10-7-13-5-3-2-4-6-13/h2-8,10-11H,9,12H2,1H3/b10-7+. The Morgan fingerprint density at radius 2 is 2.05 bits per heavy atom. The molecule has 0 N–H and O–H groups in total. The molecule has 1 atom stereocenters. The van der Waals surface area contributed by atoms with Crippen molar-refractivity contribution >= 4 is 17.8 Å². The van der Waals surface area contributed by atoms with Crippen molar-refractivity contribution in [3.63, 3.8) is 0 Å². The molecule has 1 aromatic rings. The molecule has 98 valence electrons. The summed E-state index contributed by atoms with van der Waals surface area (Å²) in [5.74, 6) is -0.281. The molecule has 1 aromatic carbocycles. The van der Waals surface area contributed by atoms with Gasteiger partial charge in [-0.15, -0.1) is 0 Å². The summed E-state index contributed by atoms with van der Waals surface area (Å²) < 4.78 is 4.86. The molecule has 0 aromatic heterocycles. The van der Waals surface area contributed by atoms with Crippen LogP contribution in [0.2, 0.25) is 0 Å². The molecular formula is C16H16O3. The summed E-state index contributed by atoms with van der Waals surface area (Å²) in [6, 6.07) is 9.72.